The van der Waals surface area contributed by atoms with Crippen molar-refractivity contribution in [1.29, 1.82) is 0 Å². The highest BCUT2D eigenvalue weighted by Gasteiger charge is 2.30. The van der Waals surface area contributed by atoms with Gasteiger partial charge in [0.25, 0.3) is 0 Å². The second-order valence-corrected chi connectivity index (χ2v) is 6.96. The van der Waals surface area contributed by atoms with E-state index in [1.54, 1.807) is 11.1 Å². The van der Waals surface area contributed by atoms with Gasteiger partial charge in [0.1, 0.15) is 5.60 Å². The highest BCUT2D eigenvalue weighted by molar-refractivity contribution is 5.68. The van der Waals surface area contributed by atoms with Crippen LogP contribution in [0.2, 0.25) is 0 Å². The first-order chi connectivity index (χ1) is 10.2. The van der Waals surface area contributed by atoms with Gasteiger partial charge in [-0.3, -0.25) is 0 Å². The molecule has 122 valence electrons. The molecule has 1 aliphatic heterocycles. The van der Waals surface area contributed by atoms with E-state index >= 15 is 0 Å². The maximum absolute atomic E-state index is 12.1. The largest absolute Gasteiger partial charge is 0.444 e. The van der Waals surface area contributed by atoms with Crippen LogP contribution < -0.4 is 4.90 Å². The number of likely N-dealkylation sites (tertiary alicyclic amines) is 1. The molecule has 1 fully saturated rings. The first-order valence-electron chi connectivity index (χ1n) is 7.73. The molecule has 6 nitrogen and oxygen atoms in total. The third kappa shape index (κ3) is 4.58. The summed E-state index contributed by atoms with van der Waals surface area (Å²) in [5, 5.41) is 0. The van der Waals surface area contributed by atoms with Crippen LogP contribution in [0.25, 0.3) is 0 Å². The Balaban J connectivity index is 1.87. The number of amides is 1. The number of aryl methyl sites for hydroxylation is 1. The summed E-state index contributed by atoms with van der Waals surface area (Å²) in [4.78, 5) is 24.6. The number of rotatable bonds is 3. The van der Waals surface area contributed by atoms with Crippen LogP contribution in [0.15, 0.2) is 12.3 Å². The molecule has 6 heteroatoms. The Hall–Kier alpha value is -1.85. The van der Waals surface area contributed by atoms with Crippen LogP contribution >= 0.6 is 0 Å². The zero-order chi connectivity index (χ0) is 16.3. The monoisotopic (exact) mass is 306 g/mol. The summed E-state index contributed by atoms with van der Waals surface area (Å²) in [5.41, 5.74) is 0.514. The highest BCUT2D eigenvalue weighted by atomic mass is 16.6. The van der Waals surface area contributed by atoms with Crippen LogP contribution in [0.1, 0.15) is 32.9 Å². The predicted octanol–water partition coefficient (Wildman–Crippen LogP) is 2.48. The molecular formula is C16H26N4O2. The zero-order valence-corrected chi connectivity index (χ0v) is 14.2. The molecule has 1 atom stereocenters. The van der Waals surface area contributed by atoms with Gasteiger partial charge in [0, 0.05) is 38.6 Å². The van der Waals surface area contributed by atoms with Crippen LogP contribution in [0.4, 0.5) is 10.7 Å². The van der Waals surface area contributed by atoms with Crippen LogP contribution in [0, 0.1) is 12.8 Å². The molecule has 1 aromatic heterocycles. The number of hydrogen-bond donors (Lipinski definition) is 0. The fourth-order valence-corrected chi connectivity index (χ4v) is 2.56. The minimum atomic E-state index is -0.443. The quantitative estimate of drug-likeness (QED) is 0.858. The first kappa shape index (κ1) is 16.5. The van der Waals surface area contributed by atoms with Gasteiger partial charge in [-0.05, 0) is 46.1 Å². The van der Waals surface area contributed by atoms with Crippen molar-refractivity contribution in [3.8, 4) is 0 Å². The van der Waals surface area contributed by atoms with Gasteiger partial charge in [0.05, 0.1) is 0 Å². The molecule has 1 aromatic rings. The number of aromatic nitrogens is 2. The van der Waals surface area contributed by atoms with E-state index in [2.05, 4.69) is 14.9 Å². The van der Waals surface area contributed by atoms with E-state index in [4.69, 9.17) is 4.74 Å². The summed E-state index contributed by atoms with van der Waals surface area (Å²) in [6.45, 7) is 9.94. The maximum Gasteiger partial charge on any atom is 0.410 e. The molecule has 0 spiro atoms. The van der Waals surface area contributed by atoms with E-state index in [1.165, 1.54) is 0 Å². The number of anilines is 1. The van der Waals surface area contributed by atoms with E-state index < -0.39 is 5.60 Å². The number of carbonyl (C=O) groups is 1. The molecule has 0 radical (unpaired) electrons. The highest BCUT2D eigenvalue weighted by Crippen LogP contribution is 2.21. The van der Waals surface area contributed by atoms with Gasteiger partial charge in [0.15, 0.2) is 0 Å². The molecule has 22 heavy (non-hydrogen) atoms. The molecule has 0 aromatic carbocycles. The van der Waals surface area contributed by atoms with Crippen LogP contribution in [0.5, 0.6) is 0 Å². The Morgan fingerprint density at radius 1 is 1.50 bits per heavy atom. The minimum Gasteiger partial charge on any atom is -0.444 e. The van der Waals surface area contributed by atoms with Gasteiger partial charge in [-0.15, -0.1) is 0 Å². The number of hydrogen-bond acceptors (Lipinski definition) is 5. The molecule has 0 unspecified atom stereocenters. The molecule has 0 N–H and O–H groups in total. The molecular weight excluding hydrogens is 280 g/mol. The molecule has 0 saturated carbocycles. The number of ether oxygens (including phenoxy) is 1. The molecule has 1 saturated heterocycles. The number of nitrogens with zero attached hydrogens (tertiary/aromatic N) is 4. The SMILES string of the molecule is Cc1ccnc(N(C)C[C@H]2CCN(C(=O)OC(C)(C)C)C2)n1. The van der Waals surface area contributed by atoms with E-state index in [9.17, 15) is 4.79 Å². The van der Waals surface area contributed by atoms with E-state index in [0.29, 0.717) is 5.92 Å². The lowest BCUT2D eigenvalue weighted by atomic mass is 10.1. The molecule has 0 bridgehead atoms. The van der Waals surface area contributed by atoms with Crippen LogP contribution in [-0.2, 0) is 4.74 Å². The van der Waals surface area contributed by atoms with Crippen molar-refractivity contribution in [3.05, 3.63) is 18.0 Å². The molecule has 1 amide bonds. The van der Waals surface area contributed by atoms with Gasteiger partial charge in [-0.25, -0.2) is 14.8 Å². The lowest BCUT2D eigenvalue weighted by Gasteiger charge is -2.25. The van der Waals surface area contributed by atoms with E-state index in [0.717, 1.165) is 37.7 Å². The lowest BCUT2D eigenvalue weighted by Crippen LogP contribution is -2.36. The van der Waals surface area contributed by atoms with E-state index in [-0.39, 0.29) is 6.09 Å². The van der Waals surface area contributed by atoms with Crippen molar-refractivity contribution in [2.45, 2.75) is 39.7 Å². The van der Waals surface area contributed by atoms with Crippen LogP contribution in [-0.4, -0.2) is 53.2 Å². The predicted molar refractivity (Wildman–Crippen MR) is 86.0 cm³/mol. The van der Waals surface area contributed by atoms with Crippen molar-refractivity contribution < 1.29 is 9.53 Å². The Bertz CT molecular complexity index is 527. The summed E-state index contributed by atoms with van der Waals surface area (Å²) in [5.74, 6) is 1.15. The summed E-state index contributed by atoms with van der Waals surface area (Å²) in [6.07, 6.45) is 2.54. The van der Waals surface area contributed by atoms with Gasteiger partial charge < -0.3 is 14.5 Å². The third-order valence-electron chi connectivity index (χ3n) is 3.59. The molecule has 2 heterocycles. The Labute approximate surface area is 132 Å². The Morgan fingerprint density at radius 2 is 2.23 bits per heavy atom. The van der Waals surface area contributed by atoms with Crippen LogP contribution in [0.3, 0.4) is 0 Å². The van der Waals surface area contributed by atoms with Crippen molar-refractivity contribution in [3.63, 3.8) is 0 Å². The average Bonchev–Trinajstić information content (AvgIpc) is 2.85. The number of carbonyl (C=O) groups excluding carboxylic acids is 1. The minimum absolute atomic E-state index is 0.218. The summed E-state index contributed by atoms with van der Waals surface area (Å²) in [7, 11) is 1.99. The Morgan fingerprint density at radius 3 is 2.86 bits per heavy atom. The van der Waals surface area contributed by atoms with Gasteiger partial charge in [0.2, 0.25) is 5.95 Å². The van der Waals surface area contributed by atoms with Crippen molar-refractivity contribution in [1.82, 2.24) is 14.9 Å². The second-order valence-electron chi connectivity index (χ2n) is 6.96. The second kappa shape index (κ2) is 6.50. The standard InChI is InChI=1S/C16H26N4O2/c1-12-6-8-17-14(18-12)19(5)10-13-7-9-20(11-13)15(21)22-16(2,3)4/h6,8,13H,7,9-11H2,1-5H3/t13-/m1/s1. The smallest absolute Gasteiger partial charge is 0.410 e. The van der Waals surface area contributed by atoms with E-state index in [1.807, 2.05) is 40.8 Å². The van der Waals surface area contributed by atoms with Gasteiger partial charge in [-0.1, -0.05) is 0 Å². The topological polar surface area (TPSA) is 58.6 Å². The molecule has 2 rings (SSSR count). The Kier molecular flexibility index (Phi) is 4.88. The average molecular weight is 306 g/mol. The van der Waals surface area contributed by atoms with Crippen molar-refractivity contribution in [2.24, 2.45) is 5.92 Å². The normalized spacial score (nSPS) is 18.4. The van der Waals surface area contributed by atoms with Crippen molar-refractivity contribution in [2.75, 3.05) is 31.6 Å². The zero-order valence-electron chi connectivity index (χ0n) is 14.2. The summed E-state index contributed by atoms with van der Waals surface area (Å²) in [6, 6.07) is 1.89. The van der Waals surface area contributed by atoms with Gasteiger partial charge >= 0.3 is 6.09 Å². The molecule has 0 aliphatic carbocycles. The van der Waals surface area contributed by atoms with Crippen molar-refractivity contribution >= 4 is 12.0 Å². The molecule has 1 aliphatic rings. The van der Waals surface area contributed by atoms with Gasteiger partial charge in [-0.2, -0.15) is 0 Å². The summed E-state index contributed by atoms with van der Waals surface area (Å²) >= 11 is 0. The fourth-order valence-electron chi connectivity index (χ4n) is 2.56. The lowest BCUT2D eigenvalue weighted by molar-refractivity contribution is 0.0288. The first-order valence-corrected chi connectivity index (χ1v) is 7.73. The third-order valence-corrected chi connectivity index (χ3v) is 3.59. The summed E-state index contributed by atoms with van der Waals surface area (Å²) < 4.78 is 5.42. The maximum atomic E-state index is 12.1. The fraction of sp³-hybridized carbons (Fsp3) is 0.688.